The van der Waals surface area contributed by atoms with Gasteiger partial charge in [0.1, 0.15) is 11.6 Å². The van der Waals surface area contributed by atoms with Crippen LogP contribution in [0.15, 0.2) is 35.3 Å². The van der Waals surface area contributed by atoms with E-state index in [1.54, 1.807) is 19.1 Å². The third kappa shape index (κ3) is 8.67. The topological polar surface area (TPSA) is 102 Å². The molecule has 1 heterocycles. The summed E-state index contributed by atoms with van der Waals surface area (Å²) in [7, 11) is 0. The molecule has 0 radical (unpaired) electrons. The number of ether oxygens (including phenoxy) is 1. The van der Waals surface area contributed by atoms with Gasteiger partial charge in [-0.1, -0.05) is 13.8 Å². The van der Waals surface area contributed by atoms with E-state index in [1.807, 2.05) is 26.0 Å². The van der Waals surface area contributed by atoms with Crippen LogP contribution in [0.5, 0.6) is 5.75 Å². The van der Waals surface area contributed by atoms with E-state index >= 15 is 0 Å². The molecule has 0 fully saturated rings. The first kappa shape index (κ1) is 26.0. The second-order valence-electron chi connectivity index (χ2n) is 8.71. The Kier molecular flexibility index (Phi) is 8.73. The van der Waals surface area contributed by atoms with Crippen LogP contribution in [0.2, 0.25) is 0 Å². The van der Waals surface area contributed by atoms with Gasteiger partial charge in [0.25, 0.3) is 11.8 Å². The highest BCUT2D eigenvalue weighted by molar-refractivity contribution is 5.95. The first-order chi connectivity index (χ1) is 15.3. The molecule has 0 spiro atoms. The van der Waals surface area contributed by atoms with E-state index in [0.717, 1.165) is 18.2 Å². The van der Waals surface area contributed by atoms with Crippen LogP contribution in [0.3, 0.4) is 0 Å². The van der Waals surface area contributed by atoms with Gasteiger partial charge in [0, 0.05) is 24.7 Å². The molecule has 1 aromatic heterocycles. The highest BCUT2D eigenvalue weighted by atomic mass is 19.3. The fourth-order valence-electron chi connectivity index (χ4n) is 2.98. The largest absolute Gasteiger partial charge is 0.487 e. The molecule has 1 atom stereocenters. The second kappa shape index (κ2) is 11.1. The molecule has 2 rings (SSSR count). The summed E-state index contributed by atoms with van der Waals surface area (Å²) in [6.45, 7) is 10.2. The first-order valence-corrected chi connectivity index (χ1v) is 10.8. The van der Waals surface area contributed by atoms with E-state index in [4.69, 9.17) is 10.5 Å². The van der Waals surface area contributed by atoms with Crippen LogP contribution in [0.25, 0.3) is 0 Å². The number of amides is 1. The summed E-state index contributed by atoms with van der Waals surface area (Å²) in [6, 6.07) is 8.06. The fourth-order valence-corrected chi connectivity index (χ4v) is 2.98. The lowest BCUT2D eigenvalue weighted by Gasteiger charge is -2.17. The van der Waals surface area contributed by atoms with Crippen molar-refractivity contribution in [2.45, 2.75) is 53.5 Å². The Labute approximate surface area is 193 Å². The maximum absolute atomic E-state index is 13.0. The van der Waals surface area contributed by atoms with Crippen LogP contribution >= 0.6 is 0 Å². The van der Waals surface area contributed by atoms with Crippen LogP contribution in [-0.4, -0.2) is 35.9 Å². The lowest BCUT2D eigenvalue weighted by atomic mass is 10.1. The summed E-state index contributed by atoms with van der Waals surface area (Å²) in [4.78, 5) is 21.5. The molecular formula is C24H33F2N5O2. The van der Waals surface area contributed by atoms with E-state index < -0.39 is 12.5 Å². The van der Waals surface area contributed by atoms with Gasteiger partial charge in [-0.3, -0.25) is 9.79 Å². The van der Waals surface area contributed by atoms with Gasteiger partial charge in [-0.2, -0.15) is 0 Å². The quantitative estimate of drug-likeness (QED) is 0.374. The number of benzene rings is 1. The van der Waals surface area contributed by atoms with Gasteiger partial charge in [0.15, 0.2) is 12.6 Å². The molecular weight excluding hydrogens is 428 g/mol. The molecule has 1 aromatic carbocycles. The summed E-state index contributed by atoms with van der Waals surface area (Å²) in [5.74, 6) is -1.69. The fraction of sp³-hybridized carbons (Fsp3) is 0.458. The van der Waals surface area contributed by atoms with Gasteiger partial charge in [0.05, 0.1) is 6.04 Å². The Hall–Kier alpha value is -3.23. The minimum Gasteiger partial charge on any atom is -0.487 e. The number of halogens is 2. The number of nitrogens with one attached hydrogen (secondary N) is 2. The molecule has 2 aromatic rings. The summed E-state index contributed by atoms with van der Waals surface area (Å²) in [5.41, 5.74) is 8.55. The number of aliphatic imine (C=N–C) groups is 1. The Morgan fingerprint density at radius 1 is 1.21 bits per heavy atom. The number of carbonyl (C=O) groups is 1. The molecule has 9 heteroatoms. The van der Waals surface area contributed by atoms with Crippen molar-refractivity contribution >= 4 is 17.7 Å². The van der Waals surface area contributed by atoms with Gasteiger partial charge in [0.2, 0.25) is 0 Å². The lowest BCUT2D eigenvalue weighted by Crippen LogP contribution is -2.27. The van der Waals surface area contributed by atoms with Gasteiger partial charge < -0.3 is 21.1 Å². The van der Waals surface area contributed by atoms with Gasteiger partial charge in [-0.15, -0.1) is 0 Å². The number of guanidine groups is 1. The highest BCUT2D eigenvalue weighted by Gasteiger charge is 2.22. The number of carbonyl (C=O) groups excluding carboxylic acids is 1. The Morgan fingerprint density at radius 2 is 1.91 bits per heavy atom. The number of anilines is 1. The molecule has 1 amide bonds. The molecule has 0 saturated carbocycles. The molecule has 0 aliphatic rings. The standard InChI is InChI=1S/C24H33F2N5O2/c1-14(2)12-28-23(27)31-21-11-19(10-16(4)29-21)17(5)30-22(32)18-7-8-20(15(3)9-18)33-13-24(6,25)26/h7-11,14,17H,12-13H2,1-6H3,(H,30,32)(H3,27,28,29,31). The van der Waals surface area contributed by atoms with Crippen LogP contribution in [0.4, 0.5) is 14.6 Å². The number of rotatable bonds is 9. The third-order valence-corrected chi connectivity index (χ3v) is 4.62. The van der Waals surface area contributed by atoms with Crippen molar-refractivity contribution in [3.8, 4) is 5.75 Å². The minimum absolute atomic E-state index is 0.281. The van der Waals surface area contributed by atoms with Crippen molar-refractivity contribution in [2.75, 3.05) is 18.5 Å². The highest BCUT2D eigenvalue weighted by Crippen LogP contribution is 2.23. The monoisotopic (exact) mass is 461 g/mol. The zero-order valence-electron chi connectivity index (χ0n) is 20.0. The van der Waals surface area contributed by atoms with Crippen molar-refractivity contribution in [3.05, 3.63) is 52.7 Å². The lowest BCUT2D eigenvalue weighted by molar-refractivity contribution is -0.0231. The summed E-state index contributed by atoms with van der Waals surface area (Å²) in [5, 5.41) is 5.94. The normalized spacial score (nSPS) is 13.1. The average molecular weight is 462 g/mol. The molecule has 0 aliphatic heterocycles. The average Bonchev–Trinajstić information content (AvgIpc) is 2.70. The maximum atomic E-state index is 13.0. The van der Waals surface area contributed by atoms with Crippen molar-refractivity contribution in [1.82, 2.24) is 10.3 Å². The molecule has 0 bridgehead atoms. The summed E-state index contributed by atoms with van der Waals surface area (Å²) < 4.78 is 31.2. The molecule has 4 N–H and O–H groups in total. The molecule has 1 unspecified atom stereocenters. The van der Waals surface area contributed by atoms with Gasteiger partial charge >= 0.3 is 0 Å². The first-order valence-electron chi connectivity index (χ1n) is 10.8. The second-order valence-corrected chi connectivity index (χ2v) is 8.71. The van der Waals surface area contributed by atoms with Gasteiger partial charge in [-0.25, -0.2) is 13.8 Å². The number of aryl methyl sites for hydroxylation is 2. The van der Waals surface area contributed by atoms with E-state index in [9.17, 15) is 13.6 Å². The number of nitrogens with zero attached hydrogens (tertiary/aromatic N) is 2. The predicted octanol–water partition coefficient (Wildman–Crippen LogP) is 4.61. The Bertz CT molecular complexity index is 1000. The Balaban J connectivity index is 2.09. The van der Waals surface area contributed by atoms with E-state index in [1.165, 1.54) is 6.07 Å². The maximum Gasteiger partial charge on any atom is 0.278 e. The van der Waals surface area contributed by atoms with Crippen LogP contribution in [0.1, 0.15) is 60.9 Å². The summed E-state index contributed by atoms with van der Waals surface area (Å²) >= 11 is 0. The zero-order chi connectivity index (χ0) is 24.8. The number of nitrogens with two attached hydrogens (primary N) is 1. The minimum atomic E-state index is -2.93. The molecule has 180 valence electrons. The number of hydrogen-bond donors (Lipinski definition) is 3. The zero-order valence-corrected chi connectivity index (χ0v) is 20.0. The molecule has 7 nitrogen and oxygen atoms in total. The number of aromatic nitrogens is 1. The van der Waals surface area contributed by atoms with Crippen molar-refractivity contribution < 1.29 is 18.3 Å². The van der Waals surface area contributed by atoms with E-state index in [0.29, 0.717) is 35.2 Å². The van der Waals surface area contributed by atoms with Crippen molar-refractivity contribution in [2.24, 2.45) is 16.6 Å². The number of pyridine rings is 1. The Morgan fingerprint density at radius 3 is 2.52 bits per heavy atom. The SMILES string of the molecule is Cc1cc(C(C)NC(=O)c2ccc(OCC(C)(F)F)c(C)c2)cc(NC(N)=NCC(C)C)n1. The number of hydrogen-bond acceptors (Lipinski definition) is 4. The molecule has 0 aliphatic carbocycles. The smallest absolute Gasteiger partial charge is 0.278 e. The van der Waals surface area contributed by atoms with E-state index in [2.05, 4.69) is 34.5 Å². The van der Waals surface area contributed by atoms with Crippen LogP contribution in [-0.2, 0) is 0 Å². The van der Waals surface area contributed by atoms with E-state index in [-0.39, 0.29) is 17.9 Å². The van der Waals surface area contributed by atoms with Gasteiger partial charge in [-0.05, 0) is 68.1 Å². The molecule has 33 heavy (non-hydrogen) atoms. The number of alkyl halides is 2. The van der Waals surface area contributed by atoms with Crippen LogP contribution in [0, 0.1) is 19.8 Å². The van der Waals surface area contributed by atoms with Crippen molar-refractivity contribution in [3.63, 3.8) is 0 Å². The van der Waals surface area contributed by atoms with Crippen LogP contribution < -0.4 is 21.1 Å². The third-order valence-electron chi connectivity index (χ3n) is 4.62. The molecule has 0 saturated heterocycles. The van der Waals surface area contributed by atoms with Crippen molar-refractivity contribution in [1.29, 1.82) is 0 Å². The predicted molar refractivity (Wildman–Crippen MR) is 127 cm³/mol. The summed E-state index contributed by atoms with van der Waals surface area (Å²) in [6.07, 6.45) is 0.